The van der Waals surface area contributed by atoms with Crippen LogP contribution in [-0.2, 0) is 17.0 Å². The summed E-state index contributed by atoms with van der Waals surface area (Å²) >= 11 is 1.78. The van der Waals surface area contributed by atoms with Crippen LogP contribution >= 0.6 is 11.8 Å². The van der Waals surface area contributed by atoms with Crippen LogP contribution in [0.5, 0.6) is 11.5 Å². The number of carbonyl (C=O) groups is 1. The van der Waals surface area contributed by atoms with E-state index < -0.39 is 0 Å². The molecule has 1 aliphatic heterocycles. The number of rotatable bonds is 6. The molecule has 1 amide bonds. The van der Waals surface area contributed by atoms with Gasteiger partial charge in [-0.25, -0.2) is 0 Å². The Kier molecular flexibility index (Phi) is 6.23. The molecule has 0 saturated heterocycles. The molecule has 0 radical (unpaired) electrons. The normalized spacial score (nSPS) is 13.2. The maximum Gasteiger partial charge on any atom is 0.224 e. The van der Waals surface area contributed by atoms with E-state index >= 15 is 0 Å². The van der Waals surface area contributed by atoms with Gasteiger partial charge in [-0.3, -0.25) is 4.79 Å². The van der Waals surface area contributed by atoms with E-state index in [1.54, 1.807) is 11.8 Å². The SMILES string of the molecule is CSCc1ccc(NC(=O)CCc2ccc3c(c2)OCCCO3)cc1. The Balaban J connectivity index is 1.52. The predicted octanol–water partition coefficient (Wildman–Crippen LogP) is 4.28. The van der Waals surface area contributed by atoms with E-state index in [0.29, 0.717) is 26.1 Å². The molecule has 2 aromatic rings. The first kappa shape index (κ1) is 17.7. The van der Waals surface area contributed by atoms with Crippen molar-refractivity contribution < 1.29 is 14.3 Å². The summed E-state index contributed by atoms with van der Waals surface area (Å²) in [7, 11) is 0. The van der Waals surface area contributed by atoms with Crippen LogP contribution in [0.3, 0.4) is 0 Å². The van der Waals surface area contributed by atoms with Gasteiger partial charge in [-0.15, -0.1) is 0 Å². The number of thioether (sulfide) groups is 1. The molecule has 2 aromatic carbocycles. The maximum atomic E-state index is 12.2. The van der Waals surface area contributed by atoms with Gasteiger partial charge in [0.15, 0.2) is 11.5 Å². The van der Waals surface area contributed by atoms with Gasteiger partial charge in [0.1, 0.15) is 0 Å². The van der Waals surface area contributed by atoms with Crippen LogP contribution in [0.4, 0.5) is 5.69 Å². The number of fused-ring (bicyclic) bond motifs is 1. The molecule has 0 fully saturated rings. The topological polar surface area (TPSA) is 47.6 Å². The third-order valence-corrected chi connectivity index (χ3v) is 4.62. The van der Waals surface area contributed by atoms with E-state index in [-0.39, 0.29) is 5.91 Å². The Morgan fingerprint density at radius 1 is 1.04 bits per heavy atom. The van der Waals surface area contributed by atoms with Gasteiger partial charge in [-0.05, 0) is 48.1 Å². The fraction of sp³-hybridized carbons (Fsp3) is 0.350. The van der Waals surface area contributed by atoms with Crippen molar-refractivity contribution in [3.63, 3.8) is 0 Å². The molecular formula is C20H23NO3S. The van der Waals surface area contributed by atoms with Crippen molar-refractivity contribution in [3.8, 4) is 11.5 Å². The van der Waals surface area contributed by atoms with Crippen LogP contribution in [0.25, 0.3) is 0 Å². The minimum absolute atomic E-state index is 0.0183. The predicted molar refractivity (Wildman–Crippen MR) is 103 cm³/mol. The second kappa shape index (κ2) is 8.81. The van der Waals surface area contributed by atoms with Crippen LogP contribution < -0.4 is 14.8 Å². The second-order valence-corrected chi connectivity index (χ2v) is 6.88. The number of carbonyl (C=O) groups excluding carboxylic acids is 1. The molecule has 1 aliphatic rings. The van der Waals surface area contributed by atoms with Crippen LogP contribution in [0, 0.1) is 0 Å². The lowest BCUT2D eigenvalue weighted by Crippen LogP contribution is -2.12. The minimum Gasteiger partial charge on any atom is -0.490 e. The standard InChI is InChI=1S/C20H23NO3S/c1-25-14-16-3-7-17(8-4-16)21-20(22)10-6-15-5-9-18-19(13-15)24-12-2-11-23-18/h3-5,7-9,13H,2,6,10-12,14H2,1H3,(H,21,22). The van der Waals surface area contributed by atoms with Crippen molar-refractivity contribution in [3.05, 3.63) is 53.6 Å². The molecule has 0 atom stereocenters. The summed E-state index contributed by atoms with van der Waals surface area (Å²) in [6, 6.07) is 13.9. The second-order valence-electron chi connectivity index (χ2n) is 6.01. The zero-order valence-corrected chi connectivity index (χ0v) is 15.2. The van der Waals surface area contributed by atoms with Gasteiger partial charge in [0.05, 0.1) is 13.2 Å². The highest BCUT2D eigenvalue weighted by atomic mass is 32.2. The number of benzene rings is 2. The van der Waals surface area contributed by atoms with Crippen LogP contribution in [-0.4, -0.2) is 25.4 Å². The van der Waals surface area contributed by atoms with Crippen molar-refractivity contribution in [2.75, 3.05) is 24.8 Å². The first-order valence-electron chi connectivity index (χ1n) is 8.51. The van der Waals surface area contributed by atoms with Gasteiger partial charge in [0.25, 0.3) is 0 Å². The lowest BCUT2D eigenvalue weighted by Gasteiger charge is -2.10. The number of anilines is 1. The van der Waals surface area contributed by atoms with Crippen molar-refractivity contribution in [1.29, 1.82) is 0 Å². The first-order chi connectivity index (χ1) is 12.2. The number of hydrogen-bond donors (Lipinski definition) is 1. The van der Waals surface area contributed by atoms with Crippen LogP contribution in [0.2, 0.25) is 0 Å². The molecule has 0 bridgehead atoms. The zero-order chi connectivity index (χ0) is 17.5. The van der Waals surface area contributed by atoms with Crippen LogP contribution in [0.1, 0.15) is 24.0 Å². The fourth-order valence-electron chi connectivity index (χ4n) is 2.70. The average molecular weight is 357 g/mol. The number of hydrogen-bond acceptors (Lipinski definition) is 4. The molecule has 0 unspecified atom stereocenters. The van der Waals surface area contributed by atoms with Gasteiger partial charge < -0.3 is 14.8 Å². The highest BCUT2D eigenvalue weighted by molar-refractivity contribution is 7.97. The molecule has 0 spiro atoms. The first-order valence-corrected chi connectivity index (χ1v) is 9.90. The average Bonchev–Trinajstić information content (AvgIpc) is 2.87. The van der Waals surface area contributed by atoms with E-state index in [1.807, 2.05) is 30.3 Å². The lowest BCUT2D eigenvalue weighted by atomic mass is 10.1. The number of amides is 1. The Morgan fingerprint density at radius 2 is 1.76 bits per heavy atom. The van der Waals surface area contributed by atoms with E-state index in [2.05, 4.69) is 23.7 Å². The Labute approximate surface area is 152 Å². The molecule has 132 valence electrons. The van der Waals surface area contributed by atoms with Gasteiger partial charge in [0.2, 0.25) is 5.91 Å². The maximum absolute atomic E-state index is 12.2. The molecule has 1 heterocycles. The van der Waals surface area contributed by atoms with E-state index in [4.69, 9.17) is 9.47 Å². The monoisotopic (exact) mass is 357 g/mol. The van der Waals surface area contributed by atoms with Gasteiger partial charge in [-0.2, -0.15) is 11.8 Å². The molecular weight excluding hydrogens is 334 g/mol. The lowest BCUT2D eigenvalue weighted by molar-refractivity contribution is -0.116. The Bertz CT molecular complexity index is 715. The molecule has 0 aliphatic carbocycles. The minimum atomic E-state index is 0.0183. The highest BCUT2D eigenvalue weighted by Gasteiger charge is 2.11. The van der Waals surface area contributed by atoms with Crippen LogP contribution in [0.15, 0.2) is 42.5 Å². The molecule has 1 N–H and O–H groups in total. The van der Waals surface area contributed by atoms with Gasteiger partial charge in [0, 0.05) is 24.3 Å². The summed E-state index contributed by atoms with van der Waals surface area (Å²) in [5.74, 6) is 2.57. The van der Waals surface area contributed by atoms with Crippen molar-refractivity contribution in [2.45, 2.75) is 25.0 Å². The van der Waals surface area contributed by atoms with Crippen molar-refractivity contribution in [1.82, 2.24) is 0 Å². The summed E-state index contributed by atoms with van der Waals surface area (Å²) in [5.41, 5.74) is 3.18. The Hall–Kier alpha value is -2.14. The van der Waals surface area contributed by atoms with Crippen molar-refractivity contribution in [2.24, 2.45) is 0 Å². The summed E-state index contributed by atoms with van der Waals surface area (Å²) in [6.45, 7) is 1.36. The number of ether oxygens (including phenoxy) is 2. The molecule has 25 heavy (non-hydrogen) atoms. The summed E-state index contributed by atoms with van der Waals surface area (Å²) < 4.78 is 11.3. The molecule has 5 heteroatoms. The summed E-state index contributed by atoms with van der Waals surface area (Å²) in [6.07, 6.45) is 4.08. The fourth-order valence-corrected chi connectivity index (χ4v) is 3.22. The van der Waals surface area contributed by atoms with Gasteiger partial charge in [-0.1, -0.05) is 18.2 Å². The molecule has 3 rings (SSSR count). The summed E-state index contributed by atoms with van der Waals surface area (Å²) in [5, 5.41) is 2.95. The molecule has 0 aromatic heterocycles. The van der Waals surface area contributed by atoms with E-state index in [0.717, 1.165) is 34.9 Å². The third-order valence-electron chi connectivity index (χ3n) is 4.00. The Morgan fingerprint density at radius 3 is 2.52 bits per heavy atom. The largest absolute Gasteiger partial charge is 0.490 e. The highest BCUT2D eigenvalue weighted by Crippen LogP contribution is 2.30. The van der Waals surface area contributed by atoms with Crippen molar-refractivity contribution >= 4 is 23.4 Å². The number of nitrogens with one attached hydrogen (secondary N) is 1. The van der Waals surface area contributed by atoms with E-state index in [1.165, 1.54) is 5.56 Å². The molecule has 4 nitrogen and oxygen atoms in total. The zero-order valence-electron chi connectivity index (χ0n) is 14.4. The smallest absolute Gasteiger partial charge is 0.224 e. The van der Waals surface area contributed by atoms with E-state index in [9.17, 15) is 4.79 Å². The summed E-state index contributed by atoms with van der Waals surface area (Å²) in [4.78, 5) is 12.2. The molecule has 0 saturated carbocycles. The third kappa shape index (κ3) is 5.16. The number of aryl methyl sites for hydroxylation is 1. The quantitative estimate of drug-likeness (QED) is 0.838. The van der Waals surface area contributed by atoms with Gasteiger partial charge >= 0.3 is 0 Å².